The number of hydrogen-bond donors (Lipinski definition) is 2. The van der Waals surface area contributed by atoms with E-state index < -0.39 is 9.84 Å². The Labute approximate surface area is 119 Å². The molecule has 1 atom stereocenters. The minimum atomic E-state index is -3.21. The average Bonchev–Trinajstić information content (AvgIpc) is 2.45. The number of nitrogens with one attached hydrogen (secondary N) is 2. The van der Waals surface area contributed by atoms with E-state index in [-0.39, 0.29) is 10.8 Å². The first kappa shape index (κ1) is 15.0. The van der Waals surface area contributed by atoms with E-state index in [9.17, 15) is 13.2 Å². The van der Waals surface area contributed by atoms with Crippen LogP contribution in [-0.4, -0.2) is 40.2 Å². The minimum Gasteiger partial charge on any atom is -0.352 e. The van der Waals surface area contributed by atoms with Gasteiger partial charge in [-0.25, -0.2) is 8.42 Å². The maximum absolute atomic E-state index is 12.0. The molecule has 1 heterocycles. The van der Waals surface area contributed by atoms with Crippen LogP contribution in [0.2, 0.25) is 0 Å². The van der Waals surface area contributed by atoms with Gasteiger partial charge in [0.2, 0.25) is 0 Å². The van der Waals surface area contributed by atoms with Gasteiger partial charge in [-0.1, -0.05) is 0 Å². The predicted molar refractivity (Wildman–Crippen MR) is 77.5 cm³/mol. The number of benzene rings is 1. The van der Waals surface area contributed by atoms with E-state index >= 15 is 0 Å². The molecule has 6 heteroatoms. The Balaban J connectivity index is 1.92. The third-order valence-electron chi connectivity index (χ3n) is 3.49. The molecule has 2 N–H and O–H groups in total. The van der Waals surface area contributed by atoms with Gasteiger partial charge in [-0.15, -0.1) is 0 Å². The number of hydrogen-bond acceptors (Lipinski definition) is 4. The second kappa shape index (κ2) is 6.37. The Hall–Kier alpha value is -1.40. The summed E-state index contributed by atoms with van der Waals surface area (Å²) in [6.07, 6.45) is 3.42. The van der Waals surface area contributed by atoms with Crippen molar-refractivity contribution in [1.29, 1.82) is 0 Å². The van der Waals surface area contributed by atoms with Crippen LogP contribution >= 0.6 is 0 Å². The number of sulfone groups is 1. The Morgan fingerprint density at radius 3 is 2.60 bits per heavy atom. The summed E-state index contributed by atoms with van der Waals surface area (Å²) in [7, 11) is -3.21. The van der Waals surface area contributed by atoms with E-state index in [0.29, 0.717) is 18.0 Å². The molecule has 0 aromatic heterocycles. The van der Waals surface area contributed by atoms with Crippen LogP contribution in [-0.2, 0) is 9.84 Å². The van der Waals surface area contributed by atoms with Crippen molar-refractivity contribution in [2.24, 2.45) is 5.92 Å². The van der Waals surface area contributed by atoms with E-state index in [2.05, 4.69) is 10.6 Å². The molecule has 1 aromatic carbocycles. The van der Waals surface area contributed by atoms with Gasteiger partial charge in [0.05, 0.1) is 4.90 Å². The van der Waals surface area contributed by atoms with E-state index in [4.69, 9.17) is 0 Å². The topological polar surface area (TPSA) is 75.3 Å². The molecule has 2 rings (SSSR count). The predicted octanol–water partition coefficient (Wildman–Crippen LogP) is 0.819. The van der Waals surface area contributed by atoms with Crippen molar-refractivity contribution in [3.05, 3.63) is 29.8 Å². The maximum atomic E-state index is 12.0. The van der Waals surface area contributed by atoms with Gasteiger partial charge >= 0.3 is 0 Å². The lowest BCUT2D eigenvalue weighted by molar-refractivity contribution is 0.0944. The zero-order chi connectivity index (χ0) is 14.6. The highest BCUT2D eigenvalue weighted by Crippen LogP contribution is 2.11. The van der Waals surface area contributed by atoms with Crippen LogP contribution in [0.25, 0.3) is 0 Å². The van der Waals surface area contributed by atoms with Crippen LogP contribution in [0.4, 0.5) is 0 Å². The van der Waals surface area contributed by atoms with Crippen LogP contribution in [0.3, 0.4) is 0 Å². The molecule has 0 spiro atoms. The van der Waals surface area contributed by atoms with Crippen molar-refractivity contribution in [3.63, 3.8) is 0 Å². The Morgan fingerprint density at radius 2 is 2.05 bits per heavy atom. The Bertz CT molecular complexity index is 561. The van der Waals surface area contributed by atoms with Gasteiger partial charge in [0.15, 0.2) is 9.84 Å². The molecular formula is C14H20N2O3S. The van der Waals surface area contributed by atoms with Crippen LogP contribution < -0.4 is 10.6 Å². The SMILES string of the molecule is CS(=O)(=O)c1ccc(C(=O)NCC2CCCNC2)cc1. The fraction of sp³-hybridized carbons (Fsp3) is 0.500. The summed E-state index contributed by atoms with van der Waals surface area (Å²) in [5.41, 5.74) is 0.487. The number of carbonyl (C=O) groups is 1. The number of piperidine rings is 1. The van der Waals surface area contributed by atoms with Crippen molar-refractivity contribution < 1.29 is 13.2 Å². The fourth-order valence-electron chi connectivity index (χ4n) is 2.29. The van der Waals surface area contributed by atoms with Crippen molar-refractivity contribution in [1.82, 2.24) is 10.6 Å². The third-order valence-corrected chi connectivity index (χ3v) is 4.62. The number of rotatable bonds is 4. The van der Waals surface area contributed by atoms with Crippen molar-refractivity contribution in [2.45, 2.75) is 17.7 Å². The molecule has 110 valence electrons. The molecule has 20 heavy (non-hydrogen) atoms. The molecule has 1 saturated heterocycles. The number of amides is 1. The van der Waals surface area contributed by atoms with E-state index in [1.54, 1.807) is 12.1 Å². The van der Waals surface area contributed by atoms with Gasteiger partial charge in [0, 0.05) is 18.4 Å². The molecule has 0 aliphatic carbocycles. The summed E-state index contributed by atoms with van der Waals surface area (Å²) in [5, 5.41) is 6.20. The molecule has 0 bridgehead atoms. The average molecular weight is 296 g/mol. The largest absolute Gasteiger partial charge is 0.352 e. The van der Waals surface area contributed by atoms with E-state index in [1.807, 2.05) is 0 Å². The van der Waals surface area contributed by atoms with Crippen molar-refractivity contribution >= 4 is 15.7 Å². The van der Waals surface area contributed by atoms with E-state index in [1.165, 1.54) is 12.1 Å². The summed E-state index contributed by atoms with van der Waals surface area (Å²) < 4.78 is 22.7. The highest BCUT2D eigenvalue weighted by molar-refractivity contribution is 7.90. The summed E-state index contributed by atoms with van der Waals surface area (Å²) in [6.45, 7) is 2.64. The number of carbonyl (C=O) groups excluding carboxylic acids is 1. The standard InChI is InChI=1S/C14H20N2O3S/c1-20(18,19)13-6-4-12(5-7-13)14(17)16-10-11-3-2-8-15-9-11/h4-7,11,15H,2-3,8-10H2,1H3,(H,16,17). The van der Waals surface area contributed by atoms with Crippen LogP contribution in [0.15, 0.2) is 29.2 Å². The van der Waals surface area contributed by atoms with Crippen molar-refractivity contribution in [3.8, 4) is 0 Å². The first-order valence-corrected chi connectivity index (χ1v) is 8.65. The molecule has 5 nitrogen and oxygen atoms in total. The molecule has 0 radical (unpaired) electrons. The molecule has 0 saturated carbocycles. The van der Waals surface area contributed by atoms with Gasteiger partial charge in [-0.3, -0.25) is 4.79 Å². The quantitative estimate of drug-likeness (QED) is 0.862. The van der Waals surface area contributed by atoms with Gasteiger partial charge in [0.1, 0.15) is 0 Å². The van der Waals surface area contributed by atoms with Crippen LogP contribution in [0.5, 0.6) is 0 Å². The van der Waals surface area contributed by atoms with Gasteiger partial charge < -0.3 is 10.6 Å². The molecule has 1 aliphatic heterocycles. The molecule has 1 amide bonds. The van der Waals surface area contributed by atoms with Gasteiger partial charge in [-0.2, -0.15) is 0 Å². The highest BCUT2D eigenvalue weighted by atomic mass is 32.2. The molecular weight excluding hydrogens is 276 g/mol. The minimum absolute atomic E-state index is 0.157. The van der Waals surface area contributed by atoms with Gasteiger partial charge in [0.25, 0.3) is 5.91 Å². The first-order chi connectivity index (χ1) is 9.47. The fourth-order valence-corrected chi connectivity index (χ4v) is 2.92. The molecule has 1 unspecified atom stereocenters. The smallest absolute Gasteiger partial charge is 0.251 e. The van der Waals surface area contributed by atoms with Crippen LogP contribution in [0.1, 0.15) is 23.2 Å². The van der Waals surface area contributed by atoms with E-state index in [0.717, 1.165) is 32.2 Å². The lowest BCUT2D eigenvalue weighted by Gasteiger charge is -2.22. The zero-order valence-electron chi connectivity index (χ0n) is 11.6. The maximum Gasteiger partial charge on any atom is 0.251 e. The third kappa shape index (κ3) is 4.05. The normalized spacial score (nSPS) is 19.6. The summed E-state index contributed by atoms with van der Waals surface area (Å²) in [6, 6.07) is 6.02. The Morgan fingerprint density at radius 1 is 1.35 bits per heavy atom. The molecule has 1 aliphatic rings. The van der Waals surface area contributed by atoms with Crippen molar-refractivity contribution in [2.75, 3.05) is 25.9 Å². The second-order valence-electron chi connectivity index (χ2n) is 5.22. The summed E-state index contributed by atoms with van der Waals surface area (Å²) >= 11 is 0. The molecule has 1 fully saturated rings. The lowest BCUT2D eigenvalue weighted by atomic mass is 10.00. The van der Waals surface area contributed by atoms with Gasteiger partial charge in [-0.05, 0) is 56.1 Å². The van der Waals surface area contributed by atoms with Crippen LogP contribution in [0, 0.1) is 5.92 Å². The summed E-state index contributed by atoms with van der Waals surface area (Å²) in [5.74, 6) is 0.318. The molecule has 1 aromatic rings. The second-order valence-corrected chi connectivity index (χ2v) is 7.23. The zero-order valence-corrected chi connectivity index (χ0v) is 12.4. The monoisotopic (exact) mass is 296 g/mol. The lowest BCUT2D eigenvalue weighted by Crippen LogP contribution is -2.38. The first-order valence-electron chi connectivity index (χ1n) is 6.76. The summed E-state index contributed by atoms with van der Waals surface area (Å²) in [4.78, 5) is 12.2. The highest BCUT2D eigenvalue weighted by Gasteiger charge is 2.15. The Kier molecular flexibility index (Phi) is 4.77.